The summed E-state index contributed by atoms with van der Waals surface area (Å²) in [7, 11) is 0. The van der Waals surface area contributed by atoms with Crippen LogP contribution in [0.5, 0.6) is 5.75 Å². The Morgan fingerprint density at radius 3 is 2.49 bits per heavy atom. The molecule has 172 valence electrons. The van der Waals surface area contributed by atoms with Crippen molar-refractivity contribution in [3.63, 3.8) is 0 Å². The number of carbonyl (C=O) groups is 1. The summed E-state index contributed by atoms with van der Waals surface area (Å²) in [6.45, 7) is 2.49. The van der Waals surface area contributed by atoms with Gasteiger partial charge >= 0.3 is 0 Å². The topological polar surface area (TPSA) is 68.5 Å². The minimum absolute atomic E-state index is 0.299. The van der Waals surface area contributed by atoms with E-state index in [0.29, 0.717) is 12.2 Å². The third-order valence-corrected chi connectivity index (χ3v) is 5.60. The van der Waals surface area contributed by atoms with Gasteiger partial charge in [-0.15, -0.1) is 0 Å². The lowest BCUT2D eigenvalue weighted by Crippen LogP contribution is -2.17. The Balaban J connectivity index is 1.45. The van der Waals surface area contributed by atoms with Crippen molar-refractivity contribution in [3.8, 4) is 22.7 Å². The van der Waals surface area contributed by atoms with Crippen LogP contribution in [0.25, 0.3) is 27.7 Å². The number of hydrazone groups is 1. The minimum atomic E-state index is -0.299. The van der Waals surface area contributed by atoms with E-state index in [4.69, 9.17) is 9.84 Å². The molecule has 35 heavy (non-hydrogen) atoms. The first-order chi connectivity index (χ1) is 17.2. The Bertz CT molecular complexity index is 1480. The van der Waals surface area contributed by atoms with Gasteiger partial charge in [-0.2, -0.15) is 10.2 Å². The second kappa shape index (κ2) is 10.1. The third kappa shape index (κ3) is 4.82. The van der Waals surface area contributed by atoms with E-state index in [2.05, 4.69) is 28.7 Å². The second-order valence-electron chi connectivity index (χ2n) is 7.90. The molecule has 6 nitrogen and oxygen atoms in total. The van der Waals surface area contributed by atoms with Crippen LogP contribution in [0.2, 0.25) is 0 Å². The monoisotopic (exact) mass is 460 g/mol. The maximum atomic E-state index is 12.5. The van der Waals surface area contributed by atoms with Gasteiger partial charge in [0.15, 0.2) is 0 Å². The summed E-state index contributed by atoms with van der Waals surface area (Å²) in [5, 5.41) is 11.3. The highest BCUT2D eigenvalue weighted by atomic mass is 16.5. The summed E-state index contributed by atoms with van der Waals surface area (Å²) in [6.07, 6.45) is 3.56. The number of nitrogens with one attached hydrogen (secondary N) is 1. The van der Waals surface area contributed by atoms with E-state index in [1.807, 2.05) is 72.4 Å². The highest BCUT2D eigenvalue weighted by Crippen LogP contribution is 2.26. The third-order valence-electron chi connectivity index (χ3n) is 5.60. The summed E-state index contributed by atoms with van der Waals surface area (Å²) >= 11 is 0. The molecule has 0 bridgehead atoms. The van der Waals surface area contributed by atoms with Crippen LogP contribution >= 0.6 is 0 Å². The molecule has 4 aromatic carbocycles. The summed E-state index contributed by atoms with van der Waals surface area (Å²) in [4.78, 5) is 12.5. The zero-order valence-corrected chi connectivity index (χ0v) is 19.3. The van der Waals surface area contributed by atoms with E-state index in [0.717, 1.165) is 39.0 Å². The fourth-order valence-electron chi connectivity index (χ4n) is 3.93. The van der Waals surface area contributed by atoms with Crippen LogP contribution in [0.1, 0.15) is 22.8 Å². The SMILES string of the molecule is CCOc1ccc(C(=O)NN=Cc2cn(-c3cccc4ccccc34)nc2-c2ccccc2)cc1. The number of benzene rings is 4. The van der Waals surface area contributed by atoms with Crippen molar-refractivity contribution in [2.75, 3.05) is 6.61 Å². The molecular formula is C29H24N4O2. The Labute approximate surface area is 203 Å². The Morgan fingerprint density at radius 2 is 1.69 bits per heavy atom. The van der Waals surface area contributed by atoms with Crippen molar-refractivity contribution in [3.05, 3.63) is 114 Å². The van der Waals surface area contributed by atoms with Gasteiger partial charge in [0.05, 0.1) is 18.5 Å². The van der Waals surface area contributed by atoms with Gasteiger partial charge in [-0.05, 0) is 42.6 Å². The van der Waals surface area contributed by atoms with E-state index in [1.165, 1.54) is 0 Å². The number of fused-ring (bicyclic) bond motifs is 1. The molecule has 0 radical (unpaired) electrons. The van der Waals surface area contributed by atoms with Gasteiger partial charge in [-0.3, -0.25) is 4.79 Å². The Morgan fingerprint density at radius 1 is 0.943 bits per heavy atom. The summed E-state index contributed by atoms with van der Waals surface area (Å²) in [5.41, 5.74) is 6.61. The molecule has 0 aliphatic heterocycles. The van der Waals surface area contributed by atoms with Gasteiger partial charge in [0.1, 0.15) is 11.4 Å². The number of rotatable bonds is 7. The lowest BCUT2D eigenvalue weighted by molar-refractivity contribution is 0.0955. The molecule has 6 heteroatoms. The number of ether oxygens (including phenoxy) is 1. The molecule has 1 aromatic heterocycles. The zero-order chi connectivity index (χ0) is 24.0. The first-order valence-corrected chi connectivity index (χ1v) is 11.4. The molecule has 0 atom stereocenters. The fourth-order valence-corrected chi connectivity index (χ4v) is 3.93. The maximum Gasteiger partial charge on any atom is 0.271 e. The van der Waals surface area contributed by atoms with Crippen LogP contribution in [-0.2, 0) is 0 Å². The Kier molecular flexibility index (Phi) is 6.35. The molecule has 0 unspecified atom stereocenters. The standard InChI is InChI=1S/C29H24N4O2/c1-2-35-25-17-15-23(16-18-25)29(34)31-30-19-24-20-33(32-28(24)22-10-4-3-5-11-22)27-14-8-12-21-9-6-7-13-26(21)27/h3-20H,2H2,1H3,(H,31,34). The van der Waals surface area contributed by atoms with Gasteiger partial charge in [0.2, 0.25) is 0 Å². The van der Waals surface area contributed by atoms with Gasteiger partial charge < -0.3 is 4.74 Å². The first-order valence-electron chi connectivity index (χ1n) is 11.4. The van der Waals surface area contributed by atoms with Crippen LogP contribution < -0.4 is 10.2 Å². The van der Waals surface area contributed by atoms with Gasteiger partial charge in [-0.1, -0.05) is 66.7 Å². The summed E-state index contributed by atoms with van der Waals surface area (Å²) in [5.74, 6) is 0.424. The molecule has 1 N–H and O–H groups in total. The van der Waals surface area contributed by atoms with Crippen LogP contribution in [0, 0.1) is 0 Å². The van der Waals surface area contributed by atoms with E-state index < -0.39 is 0 Å². The smallest absolute Gasteiger partial charge is 0.271 e. The van der Waals surface area contributed by atoms with E-state index in [-0.39, 0.29) is 5.91 Å². The van der Waals surface area contributed by atoms with Crippen molar-refractivity contribution in [2.24, 2.45) is 5.10 Å². The number of amides is 1. The largest absolute Gasteiger partial charge is 0.494 e. The fraction of sp³-hybridized carbons (Fsp3) is 0.0690. The maximum absolute atomic E-state index is 12.5. The van der Waals surface area contributed by atoms with Crippen molar-refractivity contribution in [1.29, 1.82) is 0 Å². The second-order valence-corrected chi connectivity index (χ2v) is 7.90. The highest BCUT2D eigenvalue weighted by Gasteiger charge is 2.13. The number of carbonyl (C=O) groups excluding carboxylic acids is 1. The molecular weight excluding hydrogens is 436 g/mol. The molecule has 5 rings (SSSR count). The molecule has 0 fully saturated rings. The van der Waals surface area contributed by atoms with Gasteiger partial charge in [0.25, 0.3) is 5.91 Å². The van der Waals surface area contributed by atoms with E-state index in [1.54, 1.807) is 30.5 Å². The minimum Gasteiger partial charge on any atom is -0.494 e. The number of nitrogens with zero attached hydrogens (tertiary/aromatic N) is 3. The Hall–Kier alpha value is -4.71. The molecule has 0 spiro atoms. The lowest BCUT2D eigenvalue weighted by atomic mass is 10.1. The predicted octanol–water partition coefficient (Wildman–Crippen LogP) is 5.86. The quantitative estimate of drug-likeness (QED) is 0.244. The highest BCUT2D eigenvalue weighted by molar-refractivity contribution is 5.96. The lowest BCUT2D eigenvalue weighted by Gasteiger charge is -2.06. The van der Waals surface area contributed by atoms with Crippen LogP contribution in [0.3, 0.4) is 0 Å². The average molecular weight is 461 g/mol. The molecule has 0 aliphatic carbocycles. The number of hydrogen-bond acceptors (Lipinski definition) is 4. The van der Waals surface area contributed by atoms with Crippen LogP contribution in [-0.4, -0.2) is 28.5 Å². The van der Waals surface area contributed by atoms with Crippen LogP contribution in [0.4, 0.5) is 0 Å². The molecule has 1 amide bonds. The number of hydrogen-bond donors (Lipinski definition) is 1. The zero-order valence-electron chi connectivity index (χ0n) is 19.3. The number of aromatic nitrogens is 2. The average Bonchev–Trinajstić information content (AvgIpc) is 3.33. The van der Waals surface area contributed by atoms with Crippen molar-refractivity contribution < 1.29 is 9.53 Å². The summed E-state index contributed by atoms with van der Waals surface area (Å²) < 4.78 is 7.29. The molecule has 0 aliphatic rings. The van der Waals surface area contributed by atoms with Crippen LogP contribution in [0.15, 0.2) is 108 Å². The molecule has 1 heterocycles. The normalized spacial score (nSPS) is 11.1. The first kappa shape index (κ1) is 22.1. The van der Waals surface area contributed by atoms with Gasteiger partial charge in [-0.25, -0.2) is 10.1 Å². The molecule has 5 aromatic rings. The van der Waals surface area contributed by atoms with Crippen molar-refractivity contribution >= 4 is 22.9 Å². The predicted molar refractivity (Wildman–Crippen MR) is 139 cm³/mol. The van der Waals surface area contributed by atoms with Crippen molar-refractivity contribution in [2.45, 2.75) is 6.92 Å². The van der Waals surface area contributed by atoms with Crippen molar-refractivity contribution in [1.82, 2.24) is 15.2 Å². The summed E-state index contributed by atoms with van der Waals surface area (Å²) in [6, 6.07) is 31.2. The van der Waals surface area contributed by atoms with E-state index >= 15 is 0 Å². The molecule has 0 saturated carbocycles. The van der Waals surface area contributed by atoms with E-state index in [9.17, 15) is 4.79 Å². The molecule has 0 saturated heterocycles. The van der Waals surface area contributed by atoms with Gasteiger partial charge in [0, 0.05) is 28.3 Å².